The zero-order valence-electron chi connectivity index (χ0n) is 16.6. The van der Waals surface area contributed by atoms with Gasteiger partial charge in [-0.3, -0.25) is 29.5 Å². The van der Waals surface area contributed by atoms with Crippen LogP contribution in [0.3, 0.4) is 0 Å². The minimum Gasteiger partial charge on any atom is -0.454 e. The molecule has 12 heteroatoms. The molecule has 4 aromatic heterocycles. The number of ether oxygens (including phenoxy) is 2. The predicted octanol–water partition coefficient (Wildman–Crippen LogP) is 0.774. The van der Waals surface area contributed by atoms with E-state index in [1.165, 1.54) is 0 Å². The van der Waals surface area contributed by atoms with Crippen LogP contribution in [0.25, 0.3) is 39.2 Å². The van der Waals surface area contributed by atoms with Gasteiger partial charge in [-0.25, -0.2) is 9.59 Å². The molecule has 0 aliphatic carbocycles. The van der Waals surface area contributed by atoms with Gasteiger partial charge in [-0.05, 0) is 30.3 Å². The van der Waals surface area contributed by atoms with E-state index in [0.717, 1.165) is 0 Å². The Morgan fingerprint density at radius 1 is 0.758 bits per heavy atom. The molecule has 0 unspecified atom stereocenters. The number of hydrogen-bond donors (Lipinski definition) is 5. The van der Waals surface area contributed by atoms with Crippen molar-refractivity contribution in [3.63, 3.8) is 0 Å². The number of H-pyrrole nitrogens is 5. The third kappa shape index (κ3) is 2.85. The molecular weight excluding hydrogens is 432 g/mol. The molecule has 33 heavy (non-hydrogen) atoms. The van der Waals surface area contributed by atoms with E-state index in [1.807, 2.05) is 0 Å². The molecule has 1 aliphatic rings. The Bertz CT molecular complexity index is 1780. The van der Waals surface area contributed by atoms with Crippen LogP contribution < -0.4 is 32.0 Å². The molecule has 0 spiro atoms. The molecule has 0 saturated heterocycles. The minimum absolute atomic E-state index is 0.0299. The van der Waals surface area contributed by atoms with Crippen LogP contribution in [-0.4, -0.2) is 36.3 Å². The normalized spacial score (nSPS) is 12.5. The lowest BCUT2D eigenvalue weighted by Crippen LogP contribution is -2.27. The summed E-state index contributed by atoms with van der Waals surface area (Å²) in [6, 6.07) is 8.56. The molecule has 1 aliphatic heterocycles. The number of fused-ring (bicyclic) bond motifs is 2. The molecule has 1 aromatic carbocycles. The van der Waals surface area contributed by atoms with E-state index in [4.69, 9.17) is 9.47 Å². The Morgan fingerprint density at radius 2 is 1.48 bits per heavy atom. The summed E-state index contributed by atoms with van der Waals surface area (Å²) in [7, 11) is 0. The standard InChI is InChI=1S/C21H14N6O6/c28-18-13-12(14-17(27-5-1-2-6-27)24-21(31)26-19(14)29)15(22-16(13)23-20(30)25-18)9-3-4-10-11(7-9)33-8-32-10/h1-7H,8H2,(H2,24,26,29,31)(H3,22,23,25,28,30). The van der Waals surface area contributed by atoms with Crippen LogP contribution in [0.15, 0.2) is 61.9 Å². The molecule has 0 amide bonds. The van der Waals surface area contributed by atoms with Gasteiger partial charge in [0.2, 0.25) is 6.79 Å². The first-order chi connectivity index (χ1) is 16.0. The lowest BCUT2D eigenvalue weighted by Gasteiger charge is -2.11. The summed E-state index contributed by atoms with van der Waals surface area (Å²) in [6.45, 7) is 0.0721. The zero-order chi connectivity index (χ0) is 22.7. The molecule has 6 rings (SSSR count). The van der Waals surface area contributed by atoms with Gasteiger partial charge < -0.3 is 19.0 Å². The smallest absolute Gasteiger partial charge is 0.327 e. The van der Waals surface area contributed by atoms with Crippen molar-refractivity contribution in [3.05, 3.63) is 84.4 Å². The van der Waals surface area contributed by atoms with Gasteiger partial charge in [-0.1, -0.05) is 0 Å². The van der Waals surface area contributed by atoms with Crippen LogP contribution in [0.4, 0.5) is 0 Å². The number of benzene rings is 1. The van der Waals surface area contributed by atoms with Crippen LogP contribution in [0.2, 0.25) is 0 Å². The van der Waals surface area contributed by atoms with Crippen molar-refractivity contribution in [3.8, 4) is 39.7 Å². The van der Waals surface area contributed by atoms with Crippen molar-refractivity contribution in [2.24, 2.45) is 0 Å². The Morgan fingerprint density at radius 3 is 2.30 bits per heavy atom. The molecule has 5 N–H and O–H groups in total. The van der Waals surface area contributed by atoms with Crippen LogP contribution in [0.5, 0.6) is 11.5 Å². The van der Waals surface area contributed by atoms with Crippen molar-refractivity contribution in [2.75, 3.05) is 6.79 Å². The van der Waals surface area contributed by atoms with Gasteiger partial charge in [0.05, 0.1) is 16.6 Å². The number of hydrogen-bond acceptors (Lipinski definition) is 6. The highest BCUT2D eigenvalue weighted by molar-refractivity contribution is 6.03. The Kier molecular flexibility index (Phi) is 3.83. The summed E-state index contributed by atoms with van der Waals surface area (Å²) in [5.41, 5.74) is -1.55. The van der Waals surface area contributed by atoms with Crippen molar-refractivity contribution >= 4 is 11.0 Å². The van der Waals surface area contributed by atoms with E-state index >= 15 is 0 Å². The number of nitrogens with zero attached hydrogens (tertiary/aromatic N) is 1. The van der Waals surface area contributed by atoms with Crippen molar-refractivity contribution in [1.29, 1.82) is 0 Å². The average molecular weight is 446 g/mol. The first-order valence-corrected chi connectivity index (χ1v) is 9.78. The quantitative estimate of drug-likeness (QED) is 0.274. The summed E-state index contributed by atoms with van der Waals surface area (Å²) in [6.07, 6.45) is 3.30. The highest BCUT2D eigenvalue weighted by atomic mass is 16.7. The number of aromatic amines is 5. The van der Waals surface area contributed by atoms with Crippen molar-refractivity contribution < 1.29 is 9.47 Å². The molecule has 0 fully saturated rings. The van der Waals surface area contributed by atoms with Crippen LogP contribution >= 0.6 is 0 Å². The second kappa shape index (κ2) is 6.75. The molecular formula is C21H14N6O6. The fraction of sp³-hybridized carbons (Fsp3) is 0.0476. The molecule has 164 valence electrons. The third-order valence-corrected chi connectivity index (χ3v) is 5.39. The summed E-state index contributed by atoms with van der Waals surface area (Å²) in [5, 5.41) is 0.0493. The van der Waals surface area contributed by atoms with Gasteiger partial charge in [0.15, 0.2) is 11.5 Å². The summed E-state index contributed by atoms with van der Waals surface area (Å²) in [4.78, 5) is 62.7. The molecule has 5 aromatic rings. The number of rotatable bonds is 3. The second-order valence-electron chi connectivity index (χ2n) is 7.32. The van der Waals surface area contributed by atoms with Crippen LogP contribution in [-0.2, 0) is 0 Å². The lowest BCUT2D eigenvalue weighted by molar-refractivity contribution is 0.174. The zero-order valence-corrected chi connectivity index (χ0v) is 16.6. The molecule has 5 heterocycles. The largest absolute Gasteiger partial charge is 0.454 e. The Hall–Kier alpha value is -5.00. The summed E-state index contributed by atoms with van der Waals surface area (Å²) < 4.78 is 12.4. The maximum absolute atomic E-state index is 13.1. The monoisotopic (exact) mass is 446 g/mol. The number of aromatic nitrogens is 6. The first-order valence-electron chi connectivity index (χ1n) is 9.78. The predicted molar refractivity (Wildman–Crippen MR) is 117 cm³/mol. The number of nitrogens with one attached hydrogen (secondary N) is 5. The van der Waals surface area contributed by atoms with E-state index < -0.39 is 22.5 Å². The fourth-order valence-corrected chi connectivity index (χ4v) is 4.03. The van der Waals surface area contributed by atoms with Crippen LogP contribution in [0.1, 0.15) is 0 Å². The van der Waals surface area contributed by atoms with E-state index in [1.54, 1.807) is 47.3 Å². The van der Waals surface area contributed by atoms with E-state index in [2.05, 4.69) is 24.9 Å². The molecule has 0 bridgehead atoms. The lowest BCUT2D eigenvalue weighted by atomic mass is 10.00. The maximum atomic E-state index is 13.1. The molecule has 0 radical (unpaired) electrons. The van der Waals surface area contributed by atoms with E-state index in [9.17, 15) is 19.2 Å². The average Bonchev–Trinajstić information content (AvgIpc) is 3.52. The van der Waals surface area contributed by atoms with Gasteiger partial charge in [-0.2, -0.15) is 0 Å². The Balaban J connectivity index is 1.77. The summed E-state index contributed by atoms with van der Waals surface area (Å²) >= 11 is 0. The van der Waals surface area contributed by atoms with Gasteiger partial charge >= 0.3 is 11.4 Å². The van der Waals surface area contributed by atoms with Crippen molar-refractivity contribution in [2.45, 2.75) is 0 Å². The van der Waals surface area contributed by atoms with E-state index in [-0.39, 0.29) is 34.8 Å². The minimum atomic E-state index is -0.712. The topological polar surface area (TPSA) is 171 Å². The van der Waals surface area contributed by atoms with Gasteiger partial charge in [0.25, 0.3) is 11.1 Å². The highest BCUT2D eigenvalue weighted by Crippen LogP contribution is 2.40. The molecule has 0 saturated carbocycles. The second-order valence-corrected chi connectivity index (χ2v) is 7.32. The van der Waals surface area contributed by atoms with Crippen molar-refractivity contribution in [1.82, 2.24) is 29.5 Å². The van der Waals surface area contributed by atoms with Gasteiger partial charge in [0.1, 0.15) is 11.5 Å². The maximum Gasteiger partial charge on any atom is 0.327 e. The van der Waals surface area contributed by atoms with E-state index in [0.29, 0.717) is 22.8 Å². The first kappa shape index (κ1) is 18.7. The highest BCUT2D eigenvalue weighted by Gasteiger charge is 2.26. The SMILES string of the molecule is O=c1[nH]c(-n2cccc2)c(-c2c(-c3ccc4c(c3)OCO4)[nH]c3[nH]c(=O)[nH]c(=O)c23)c(=O)[nH]1. The summed E-state index contributed by atoms with van der Waals surface area (Å²) in [5.74, 6) is 1.19. The molecule has 0 atom stereocenters. The fourth-order valence-electron chi connectivity index (χ4n) is 4.03. The molecule has 12 nitrogen and oxygen atoms in total. The third-order valence-electron chi connectivity index (χ3n) is 5.39. The van der Waals surface area contributed by atoms with Crippen LogP contribution in [0, 0.1) is 0 Å². The van der Waals surface area contributed by atoms with Gasteiger partial charge in [-0.15, -0.1) is 0 Å². The van der Waals surface area contributed by atoms with Gasteiger partial charge in [0, 0.05) is 23.5 Å². The Labute approximate surface area is 181 Å².